The third-order valence-electron chi connectivity index (χ3n) is 2.69. The number of halogens is 3. The van der Waals surface area contributed by atoms with Crippen LogP contribution in [-0.4, -0.2) is 27.4 Å². The molecule has 2 atom stereocenters. The average Bonchev–Trinajstić information content (AvgIpc) is 2.70. The zero-order chi connectivity index (χ0) is 14.9. The molecule has 0 amide bonds. The molecule has 3 N–H and O–H groups in total. The summed E-state index contributed by atoms with van der Waals surface area (Å²) in [6.07, 6.45) is -1.06. The summed E-state index contributed by atoms with van der Waals surface area (Å²) < 4.78 is 32.9. The molecule has 2 unspecified atom stereocenters. The molecule has 1 aliphatic rings. The van der Waals surface area contributed by atoms with Crippen LogP contribution >= 0.6 is 15.9 Å². The SMILES string of the molecule is Nc1nc(=O)n(C2OC(CO)=C(F)C2F)cc1/C=C/Br. The minimum atomic E-state index is -2.19. The molecule has 2 rings (SSSR count). The van der Waals surface area contributed by atoms with Crippen LogP contribution in [0.4, 0.5) is 14.6 Å². The zero-order valence-corrected chi connectivity index (χ0v) is 11.5. The van der Waals surface area contributed by atoms with Crippen molar-refractivity contribution in [3.05, 3.63) is 38.8 Å². The van der Waals surface area contributed by atoms with E-state index in [1.54, 1.807) is 0 Å². The minimum Gasteiger partial charge on any atom is -0.465 e. The van der Waals surface area contributed by atoms with E-state index < -0.39 is 36.3 Å². The molecule has 0 radical (unpaired) electrons. The number of hydrogen-bond acceptors (Lipinski definition) is 5. The van der Waals surface area contributed by atoms with E-state index in [-0.39, 0.29) is 5.82 Å². The molecule has 1 aromatic rings. The van der Waals surface area contributed by atoms with Gasteiger partial charge in [-0.05, 0) is 11.1 Å². The highest BCUT2D eigenvalue weighted by Gasteiger charge is 2.39. The summed E-state index contributed by atoms with van der Waals surface area (Å²) in [4.78, 5) is 16.7. The molecule has 2 heterocycles. The second-order valence-electron chi connectivity index (χ2n) is 3.90. The molecule has 0 fully saturated rings. The van der Waals surface area contributed by atoms with Crippen LogP contribution in [0.15, 0.2) is 27.6 Å². The summed E-state index contributed by atoms with van der Waals surface area (Å²) in [6.45, 7) is -0.798. The summed E-state index contributed by atoms with van der Waals surface area (Å²) in [7, 11) is 0. The summed E-state index contributed by atoms with van der Waals surface area (Å²) in [5.41, 5.74) is 4.98. The Morgan fingerprint density at radius 1 is 1.65 bits per heavy atom. The smallest absolute Gasteiger partial charge is 0.352 e. The maximum atomic E-state index is 13.8. The van der Waals surface area contributed by atoms with Gasteiger partial charge in [-0.15, -0.1) is 0 Å². The number of nitrogen functional groups attached to an aromatic ring is 1. The van der Waals surface area contributed by atoms with E-state index in [0.29, 0.717) is 5.56 Å². The van der Waals surface area contributed by atoms with Gasteiger partial charge < -0.3 is 15.6 Å². The summed E-state index contributed by atoms with van der Waals surface area (Å²) in [6, 6.07) is 0. The molecule has 0 spiro atoms. The molecule has 0 aromatic carbocycles. The number of hydrogen-bond donors (Lipinski definition) is 2. The lowest BCUT2D eigenvalue weighted by molar-refractivity contribution is 0.0181. The quantitative estimate of drug-likeness (QED) is 0.856. The van der Waals surface area contributed by atoms with Gasteiger partial charge >= 0.3 is 5.69 Å². The van der Waals surface area contributed by atoms with Gasteiger partial charge in [0.25, 0.3) is 0 Å². The molecule has 0 saturated heterocycles. The number of ether oxygens (including phenoxy) is 1. The van der Waals surface area contributed by atoms with Crippen LogP contribution in [0.5, 0.6) is 0 Å². The molecule has 0 bridgehead atoms. The van der Waals surface area contributed by atoms with Crippen molar-refractivity contribution < 1.29 is 18.6 Å². The van der Waals surface area contributed by atoms with Crippen molar-refractivity contribution in [2.24, 2.45) is 0 Å². The van der Waals surface area contributed by atoms with Crippen molar-refractivity contribution in [3.8, 4) is 0 Å². The Bertz CT molecular complexity index is 644. The van der Waals surface area contributed by atoms with Crippen molar-refractivity contribution in [1.29, 1.82) is 0 Å². The second kappa shape index (κ2) is 5.71. The molecule has 108 valence electrons. The number of alkyl halides is 1. The minimum absolute atomic E-state index is 0.0498. The van der Waals surface area contributed by atoms with Gasteiger partial charge in [-0.25, -0.2) is 13.6 Å². The fourth-order valence-corrected chi connectivity index (χ4v) is 2.01. The number of anilines is 1. The van der Waals surface area contributed by atoms with Crippen molar-refractivity contribution in [2.75, 3.05) is 12.3 Å². The summed E-state index contributed by atoms with van der Waals surface area (Å²) in [5.74, 6) is -1.83. The molecule has 0 aliphatic carbocycles. The Labute approximate surface area is 120 Å². The first-order valence-electron chi connectivity index (χ1n) is 5.45. The van der Waals surface area contributed by atoms with Gasteiger partial charge in [0.15, 0.2) is 11.6 Å². The number of rotatable bonds is 3. The monoisotopic (exact) mass is 349 g/mol. The van der Waals surface area contributed by atoms with Crippen LogP contribution in [0.2, 0.25) is 0 Å². The Morgan fingerprint density at radius 2 is 2.35 bits per heavy atom. The third kappa shape index (κ3) is 2.46. The first kappa shape index (κ1) is 14.7. The van der Waals surface area contributed by atoms with Gasteiger partial charge in [0, 0.05) is 11.8 Å². The normalized spacial score (nSPS) is 22.6. The van der Waals surface area contributed by atoms with E-state index >= 15 is 0 Å². The number of aliphatic hydroxyl groups excluding tert-OH is 1. The molecule has 1 aliphatic heterocycles. The molecular formula is C11H10BrF2N3O3. The predicted octanol–water partition coefficient (Wildman–Crippen LogP) is 1.23. The first-order valence-corrected chi connectivity index (χ1v) is 6.36. The third-order valence-corrected chi connectivity index (χ3v) is 2.96. The van der Waals surface area contributed by atoms with Crippen molar-refractivity contribution in [1.82, 2.24) is 9.55 Å². The molecule has 9 heteroatoms. The van der Waals surface area contributed by atoms with Crippen LogP contribution in [0.25, 0.3) is 6.08 Å². The topological polar surface area (TPSA) is 90.4 Å². The maximum Gasteiger partial charge on any atom is 0.352 e. The molecule has 0 saturated carbocycles. The van der Waals surface area contributed by atoms with Gasteiger partial charge in [-0.1, -0.05) is 15.9 Å². The number of nitrogens with zero attached hydrogens (tertiary/aromatic N) is 2. The van der Waals surface area contributed by atoms with E-state index in [1.807, 2.05) is 0 Å². The van der Waals surface area contributed by atoms with Gasteiger partial charge in [-0.2, -0.15) is 4.98 Å². The standard InChI is InChI=1S/C11H10BrF2N3O3/c12-2-1-5-3-17(11(19)16-9(5)15)10-8(14)7(13)6(4-18)20-10/h1-3,8,10,18H,4H2,(H2,15,16,19)/b2-1+. The van der Waals surface area contributed by atoms with Crippen LogP contribution in [0, 0.1) is 0 Å². The lowest BCUT2D eigenvalue weighted by Gasteiger charge is -2.17. The van der Waals surface area contributed by atoms with E-state index in [4.69, 9.17) is 15.6 Å². The first-order chi connectivity index (χ1) is 9.49. The van der Waals surface area contributed by atoms with E-state index in [1.165, 1.54) is 17.3 Å². The zero-order valence-electron chi connectivity index (χ0n) is 9.96. The van der Waals surface area contributed by atoms with Gasteiger partial charge in [0.05, 0.1) is 0 Å². The average molecular weight is 350 g/mol. The van der Waals surface area contributed by atoms with E-state index in [9.17, 15) is 13.6 Å². The number of nitrogens with two attached hydrogens (primary N) is 1. The fraction of sp³-hybridized carbons (Fsp3) is 0.273. The summed E-state index contributed by atoms with van der Waals surface area (Å²) >= 11 is 3.03. The summed E-state index contributed by atoms with van der Waals surface area (Å²) in [5, 5.41) is 8.84. The molecule has 1 aromatic heterocycles. The Morgan fingerprint density at radius 3 is 2.90 bits per heavy atom. The molecule has 20 heavy (non-hydrogen) atoms. The molecule has 6 nitrogen and oxygen atoms in total. The molecular weight excluding hydrogens is 340 g/mol. The van der Waals surface area contributed by atoms with E-state index in [2.05, 4.69) is 20.9 Å². The number of aliphatic hydroxyl groups is 1. The Balaban J connectivity index is 2.45. The van der Waals surface area contributed by atoms with E-state index in [0.717, 1.165) is 4.57 Å². The highest BCUT2D eigenvalue weighted by molar-refractivity contribution is 9.11. The maximum absolute atomic E-state index is 13.8. The second-order valence-corrected chi connectivity index (χ2v) is 4.43. The fourth-order valence-electron chi connectivity index (χ4n) is 1.73. The lowest BCUT2D eigenvalue weighted by Crippen LogP contribution is -2.32. The van der Waals surface area contributed by atoms with Crippen molar-refractivity contribution in [3.63, 3.8) is 0 Å². The highest BCUT2D eigenvalue weighted by Crippen LogP contribution is 2.35. The van der Waals surface area contributed by atoms with Gasteiger partial charge in [0.2, 0.25) is 12.4 Å². The Kier molecular flexibility index (Phi) is 4.19. The predicted molar refractivity (Wildman–Crippen MR) is 71.1 cm³/mol. The highest BCUT2D eigenvalue weighted by atomic mass is 79.9. The lowest BCUT2D eigenvalue weighted by atomic mass is 10.2. The van der Waals surface area contributed by atoms with Crippen molar-refractivity contribution >= 4 is 27.8 Å². The van der Waals surface area contributed by atoms with Gasteiger partial charge in [0.1, 0.15) is 12.4 Å². The Hall–Kier alpha value is -1.74. The van der Waals surface area contributed by atoms with Crippen LogP contribution < -0.4 is 11.4 Å². The van der Waals surface area contributed by atoms with Crippen LogP contribution in [0.1, 0.15) is 11.8 Å². The van der Waals surface area contributed by atoms with Crippen molar-refractivity contribution in [2.45, 2.75) is 12.4 Å². The van der Waals surface area contributed by atoms with Gasteiger partial charge in [-0.3, -0.25) is 4.57 Å². The van der Waals surface area contributed by atoms with Crippen LogP contribution in [-0.2, 0) is 4.74 Å². The largest absolute Gasteiger partial charge is 0.465 e. The number of aromatic nitrogens is 2. The van der Waals surface area contributed by atoms with Crippen LogP contribution in [0.3, 0.4) is 0 Å².